The minimum atomic E-state index is -2.92. The van der Waals surface area contributed by atoms with Crippen LogP contribution in [0.25, 0.3) is 11.1 Å². The molecule has 0 fully saturated rings. The first kappa shape index (κ1) is 22.2. The van der Waals surface area contributed by atoms with Crippen LogP contribution >= 0.6 is 0 Å². The summed E-state index contributed by atoms with van der Waals surface area (Å²) in [5.41, 5.74) is 6.45. The molecule has 9 heteroatoms. The molecule has 1 aliphatic heterocycles. The number of hydrogen-bond acceptors (Lipinski definition) is 7. The molecule has 170 valence electrons. The summed E-state index contributed by atoms with van der Waals surface area (Å²) < 4.78 is 35.6. The third-order valence-electron chi connectivity index (χ3n) is 5.32. The summed E-state index contributed by atoms with van der Waals surface area (Å²) in [6.07, 6.45) is 3.56. The molecule has 1 unspecified atom stereocenters. The van der Waals surface area contributed by atoms with Gasteiger partial charge in [-0.25, -0.2) is 4.99 Å². The number of carbonyl (C=O) groups excluding carboxylic acids is 1. The molecule has 0 bridgehead atoms. The minimum Gasteiger partial charge on any atom is -0.460 e. The fourth-order valence-corrected chi connectivity index (χ4v) is 3.92. The van der Waals surface area contributed by atoms with Gasteiger partial charge in [-0.2, -0.15) is 14.3 Å². The molecule has 4 rings (SSSR count). The molecule has 7 nitrogen and oxygen atoms in total. The molecular formula is C24H21F2N3O4. The van der Waals surface area contributed by atoms with E-state index in [1.54, 1.807) is 25.4 Å². The number of aryl methyl sites for hydroxylation is 2. The fourth-order valence-electron chi connectivity index (χ4n) is 3.92. The van der Waals surface area contributed by atoms with Gasteiger partial charge in [0.25, 0.3) is 0 Å². The smallest absolute Gasteiger partial charge is 0.387 e. The molecule has 3 aromatic rings. The summed E-state index contributed by atoms with van der Waals surface area (Å²) in [7, 11) is 0. The highest BCUT2D eigenvalue weighted by molar-refractivity contribution is 5.77. The summed E-state index contributed by atoms with van der Waals surface area (Å²) >= 11 is 0. The van der Waals surface area contributed by atoms with Gasteiger partial charge in [0.2, 0.25) is 0 Å². The molecule has 0 saturated heterocycles. The normalized spacial score (nSPS) is 17.3. The van der Waals surface area contributed by atoms with Crippen LogP contribution in [-0.4, -0.2) is 30.7 Å². The molecule has 0 spiro atoms. The average molecular weight is 453 g/mol. The van der Waals surface area contributed by atoms with Crippen LogP contribution in [0.4, 0.5) is 8.78 Å². The Morgan fingerprint density at radius 2 is 1.97 bits per heavy atom. The predicted octanol–water partition coefficient (Wildman–Crippen LogP) is 4.27. The van der Waals surface area contributed by atoms with Crippen molar-refractivity contribution in [1.82, 2.24) is 10.5 Å². The Kier molecular flexibility index (Phi) is 6.21. The average Bonchev–Trinajstić information content (AvgIpc) is 3.22. The van der Waals surface area contributed by atoms with Crippen LogP contribution in [0.1, 0.15) is 22.3 Å². The second kappa shape index (κ2) is 9.23. The van der Waals surface area contributed by atoms with E-state index in [1.165, 1.54) is 12.1 Å². The number of alkyl halides is 2. The van der Waals surface area contributed by atoms with Gasteiger partial charge < -0.3 is 14.3 Å². The van der Waals surface area contributed by atoms with Crippen LogP contribution in [0.3, 0.4) is 0 Å². The maximum atomic E-state index is 12.7. The van der Waals surface area contributed by atoms with Gasteiger partial charge in [-0.3, -0.25) is 9.78 Å². The number of aromatic nitrogens is 1. The van der Waals surface area contributed by atoms with Crippen LogP contribution in [0, 0.1) is 13.8 Å². The monoisotopic (exact) mass is 453 g/mol. The number of hydroxylamine groups is 1. The summed E-state index contributed by atoms with van der Waals surface area (Å²) in [6.45, 7) is 1.15. The Bertz CT molecular complexity index is 1200. The molecule has 2 heterocycles. The van der Waals surface area contributed by atoms with E-state index in [9.17, 15) is 13.6 Å². The number of nitrogens with zero attached hydrogens (tertiary/aromatic N) is 2. The van der Waals surface area contributed by atoms with E-state index in [2.05, 4.69) is 20.0 Å². The molecule has 1 N–H and O–H groups in total. The first-order valence-electron chi connectivity index (χ1n) is 10.1. The van der Waals surface area contributed by atoms with E-state index in [1.807, 2.05) is 37.3 Å². The van der Waals surface area contributed by atoms with Crippen molar-refractivity contribution < 1.29 is 27.9 Å². The van der Waals surface area contributed by atoms with Crippen molar-refractivity contribution in [2.45, 2.75) is 26.0 Å². The van der Waals surface area contributed by atoms with E-state index in [4.69, 9.17) is 9.73 Å². The molecule has 1 aliphatic rings. The topological polar surface area (TPSA) is 82.0 Å². The zero-order valence-electron chi connectivity index (χ0n) is 17.9. The molecule has 1 aromatic heterocycles. The molecular weight excluding hydrogens is 432 g/mol. The number of aliphatic imine (C=N–C) groups is 1. The van der Waals surface area contributed by atoms with Gasteiger partial charge in [-0.05, 0) is 65.9 Å². The standard InChI is InChI=1S/C24H21F2N3O4/c1-15-8-18(12-27-11-15)17-4-3-5-19(10-17)24(13-31-23(28-24)29-32-14-30)21-7-6-20(9-16(21)2)33-22(25)26/h3-12,14,22H,13H2,1-2H3,(H,28,29). The van der Waals surface area contributed by atoms with Crippen molar-refractivity contribution in [3.05, 3.63) is 83.2 Å². The predicted molar refractivity (Wildman–Crippen MR) is 117 cm³/mol. The summed E-state index contributed by atoms with van der Waals surface area (Å²) in [4.78, 5) is 24.1. The fraction of sp³-hybridized carbons (Fsp3) is 0.208. The molecule has 0 aliphatic carbocycles. The lowest BCUT2D eigenvalue weighted by Gasteiger charge is -2.27. The molecule has 2 aromatic carbocycles. The van der Waals surface area contributed by atoms with Crippen LogP contribution in [0.15, 0.2) is 65.9 Å². The van der Waals surface area contributed by atoms with Gasteiger partial charge in [0.15, 0.2) is 5.54 Å². The van der Waals surface area contributed by atoms with Crippen LogP contribution < -0.4 is 10.2 Å². The number of ether oxygens (including phenoxy) is 2. The molecule has 0 radical (unpaired) electrons. The van der Waals surface area contributed by atoms with Gasteiger partial charge in [0.1, 0.15) is 12.4 Å². The van der Waals surface area contributed by atoms with Crippen LogP contribution in [0.2, 0.25) is 0 Å². The number of nitrogens with one attached hydrogen (secondary N) is 1. The first-order chi connectivity index (χ1) is 15.9. The van der Waals surface area contributed by atoms with E-state index in [-0.39, 0.29) is 24.9 Å². The third kappa shape index (κ3) is 4.62. The molecule has 0 saturated carbocycles. The van der Waals surface area contributed by atoms with Gasteiger partial charge in [0.05, 0.1) is 0 Å². The molecule has 1 atom stereocenters. The number of hydrogen-bond donors (Lipinski definition) is 1. The third-order valence-corrected chi connectivity index (χ3v) is 5.32. The second-order valence-corrected chi connectivity index (χ2v) is 7.57. The number of benzene rings is 2. The quantitative estimate of drug-likeness (QED) is 0.425. The van der Waals surface area contributed by atoms with E-state index < -0.39 is 12.2 Å². The highest BCUT2D eigenvalue weighted by Crippen LogP contribution is 2.41. The largest absolute Gasteiger partial charge is 0.460 e. The van der Waals surface area contributed by atoms with Crippen molar-refractivity contribution in [2.24, 2.45) is 4.99 Å². The van der Waals surface area contributed by atoms with E-state index >= 15 is 0 Å². The van der Waals surface area contributed by atoms with E-state index in [0.717, 1.165) is 27.8 Å². The van der Waals surface area contributed by atoms with Crippen molar-refractivity contribution >= 4 is 12.5 Å². The maximum Gasteiger partial charge on any atom is 0.387 e. The Morgan fingerprint density at radius 3 is 2.70 bits per heavy atom. The second-order valence-electron chi connectivity index (χ2n) is 7.57. The lowest BCUT2D eigenvalue weighted by Crippen LogP contribution is -2.28. The maximum absolute atomic E-state index is 12.7. The molecule has 0 amide bonds. The minimum absolute atomic E-state index is 0.0250. The Morgan fingerprint density at radius 1 is 1.12 bits per heavy atom. The number of rotatable bonds is 7. The Labute approximate surface area is 189 Å². The number of halogens is 2. The zero-order valence-corrected chi connectivity index (χ0v) is 17.9. The summed E-state index contributed by atoms with van der Waals surface area (Å²) in [6, 6.07) is 14.5. The number of amidine groups is 1. The van der Waals surface area contributed by atoms with Crippen molar-refractivity contribution in [3.63, 3.8) is 0 Å². The highest BCUT2D eigenvalue weighted by Gasteiger charge is 2.42. The number of pyridine rings is 1. The highest BCUT2D eigenvalue weighted by atomic mass is 19.3. The summed E-state index contributed by atoms with van der Waals surface area (Å²) in [5.74, 6) is 0.0477. The van der Waals surface area contributed by atoms with Crippen LogP contribution in [-0.2, 0) is 19.9 Å². The van der Waals surface area contributed by atoms with Gasteiger partial charge in [-0.1, -0.05) is 24.3 Å². The lowest BCUT2D eigenvalue weighted by atomic mass is 9.81. The molecule has 33 heavy (non-hydrogen) atoms. The van der Waals surface area contributed by atoms with Crippen LogP contribution in [0.5, 0.6) is 5.75 Å². The van der Waals surface area contributed by atoms with Crippen molar-refractivity contribution in [2.75, 3.05) is 6.61 Å². The van der Waals surface area contributed by atoms with Gasteiger partial charge >= 0.3 is 19.1 Å². The lowest BCUT2D eigenvalue weighted by molar-refractivity contribution is -0.132. The summed E-state index contributed by atoms with van der Waals surface area (Å²) in [5, 5.41) is 0. The SMILES string of the molecule is Cc1cncc(-c2cccc(C3(c4ccc(OC(F)F)cc4C)COC(NOC=O)=N3)c2)c1. The van der Waals surface area contributed by atoms with E-state index in [0.29, 0.717) is 5.56 Å². The first-order valence-corrected chi connectivity index (χ1v) is 10.1. The van der Waals surface area contributed by atoms with Crippen molar-refractivity contribution in [3.8, 4) is 16.9 Å². The Balaban J connectivity index is 1.83. The van der Waals surface area contributed by atoms with Gasteiger partial charge in [-0.15, -0.1) is 0 Å². The number of carbonyl (C=O) groups is 1. The van der Waals surface area contributed by atoms with Gasteiger partial charge in [0, 0.05) is 18.0 Å². The Hall–Kier alpha value is -4.01. The zero-order chi connectivity index (χ0) is 23.4. The van der Waals surface area contributed by atoms with Crippen molar-refractivity contribution in [1.29, 1.82) is 0 Å².